The van der Waals surface area contributed by atoms with Crippen LogP contribution in [-0.2, 0) is 11.3 Å². The van der Waals surface area contributed by atoms with Gasteiger partial charge in [0.15, 0.2) is 5.96 Å². The molecule has 0 spiro atoms. The molecule has 0 bridgehead atoms. The molecule has 0 aromatic heterocycles. The molecule has 26 heavy (non-hydrogen) atoms. The molecule has 1 fully saturated rings. The summed E-state index contributed by atoms with van der Waals surface area (Å²) in [5.74, 6) is 1.31. The van der Waals surface area contributed by atoms with Gasteiger partial charge in [-0.05, 0) is 31.5 Å². The van der Waals surface area contributed by atoms with Crippen molar-refractivity contribution in [2.24, 2.45) is 10.9 Å². The van der Waals surface area contributed by atoms with Gasteiger partial charge in [-0.1, -0.05) is 11.6 Å². The number of nitrogens with zero attached hydrogens (tertiary/aromatic N) is 2. The lowest BCUT2D eigenvalue weighted by molar-refractivity contribution is -0.0504. The van der Waals surface area contributed by atoms with E-state index >= 15 is 0 Å². The van der Waals surface area contributed by atoms with Gasteiger partial charge in [0, 0.05) is 49.8 Å². The zero-order valence-corrected chi connectivity index (χ0v) is 18.0. The molecule has 1 aromatic rings. The van der Waals surface area contributed by atoms with E-state index in [-0.39, 0.29) is 29.7 Å². The fraction of sp³-hybridized carbons (Fsp3) is 0.588. The molecule has 0 aliphatic carbocycles. The van der Waals surface area contributed by atoms with E-state index in [1.165, 1.54) is 12.1 Å². The first-order valence-electron chi connectivity index (χ1n) is 8.30. The average Bonchev–Trinajstić information content (AvgIpc) is 3.04. The number of hydrogen-bond donors (Lipinski definition) is 1. The van der Waals surface area contributed by atoms with Gasteiger partial charge in [0.1, 0.15) is 5.75 Å². The number of halogens is 4. The summed E-state index contributed by atoms with van der Waals surface area (Å²) in [6, 6.07) is 4.58. The average molecular weight is 504 g/mol. The largest absolute Gasteiger partial charge is 0.434 e. The lowest BCUT2D eigenvalue weighted by atomic mass is 10.1. The van der Waals surface area contributed by atoms with Crippen LogP contribution in [0.4, 0.5) is 8.78 Å². The molecule has 0 radical (unpaired) electrons. The van der Waals surface area contributed by atoms with Gasteiger partial charge in [-0.25, -0.2) is 0 Å². The first kappa shape index (κ1) is 23.2. The molecule has 1 saturated heterocycles. The first-order chi connectivity index (χ1) is 12.0. The van der Waals surface area contributed by atoms with Crippen LogP contribution in [0.2, 0.25) is 5.02 Å². The van der Waals surface area contributed by atoms with Crippen LogP contribution >= 0.6 is 35.6 Å². The Balaban J connectivity index is 0.00000338. The van der Waals surface area contributed by atoms with E-state index in [0.29, 0.717) is 29.7 Å². The second kappa shape index (κ2) is 11.8. The van der Waals surface area contributed by atoms with Gasteiger partial charge < -0.3 is 19.7 Å². The summed E-state index contributed by atoms with van der Waals surface area (Å²) in [6.07, 6.45) is 1.04. The molecule has 1 aromatic carbocycles. The van der Waals surface area contributed by atoms with Crippen molar-refractivity contribution in [3.05, 3.63) is 28.8 Å². The highest BCUT2D eigenvalue weighted by atomic mass is 127. The number of benzene rings is 1. The second-order valence-electron chi connectivity index (χ2n) is 5.79. The summed E-state index contributed by atoms with van der Waals surface area (Å²) < 4.78 is 35.1. The molecule has 1 unspecified atom stereocenters. The summed E-state index contributed by atoms with van der Waals surface area (Å²) in [6.45, 7) is 2.59. The van der Waals surface area contributed by atoms with Gasteiger partial charge in [0.25, 0.3) is 0 Å². The van der Waals surface area contributed by atoms with Crippen LogP contribution in [0.5, 0.6) is 5.75 Å². The Morgan fingerprint density at radius 3 is 2.88 bits per heavy atom. The third-order valence-corrected chi connectivity index (χ3v) is 4.27. The zero-order chi connectivity index (χ0) is 18.2. The molecule has 2 rings (SSSR count). The number of alkyl halides is 2. The number of guanidine groups is 1. The van der Waals surface area contributed by atoms with Crippen molar-refractivity contribution in [1.82, 2.24) is 10.2 Å². The minimum absolute atomic E-state index is 0. The molecule has 1 aliphatic heterocycles. The Morgan fingerprint density at radius 2 is 2.23 bits per heavy atom. The molecule has 0 saturated carbocycles. The third-order valence-electron chi connectivity index (χ3n) is 4.03. The highest BCUT2D eigenvalue weighted by Gasteiger charge is 2.25. The predicted molar refractivity (Wildman–Crippen MR) is 110 cm³/mol. The van der Waals surface area contributed by atoms with Crippen molar-refractivity contribution >= 4 is 41.5 Å². The monoisotopic (exact) mass is 503 g/mol. The summed E-state index contributed by atoms with van der Waals surface area (Å²) in [5.41, 5.74) is 0.555. The van der Waals surface area contributed by atoms with Crippen LogP contribution < -0.4 is 10.1 Å². The fourth-order valence-electron chi connectivity index (χ4n) is 2.85. The normalized spacial score (nSPS) is 17.4. The van der Waals surface area contributed by atoms with E-state index in [1.54, 1.807) is 13.1 Å². The lowest BCUT2D eigenvalue weighted by Gasteiger charge is -2.22. The van der Waals surface area contributed by atoms with Gasteiger partial charge in [0.2, 0.25) is 0 Å². The molecular weight excluding hydrogens is 479 g/mol. The smallest absolute Gasteiger partial charge is 0.387 e. The molecule has 148 valence electrons. The Kier molecular flexibility index (Phi) is 10.5. The number of rotatable bonds is 7. The van der Waals surface area contributed by atoms with E-state index in [9.17, 15) is 8.78 Å². The van der Waals surface area contributed by atoms with Gasteiger partial charge in [0.05, 0.1) is 6.61 Å². The second-order valence-corrected chi connectivity index (χ2v) is 6.23. The van der Waals surface area contributed by atoms with E-state index in [2.05, 4.69) is 19.9 Å². The van der Waals surface area contributed by atoms with E-state index in [0.717, 1.165) is 32.1 Å². The number of aliphatic imine (C=N–C) groups is 1. The molecule has 1 atom stereocenters. The van der Waals surface area contributed by atoms with Gasteiger partial charge in [-0.2, -0.15) is 8.78 Å². The third kappa shape index (κ3) is 7.03. The van der Waals surface area contributed by atoms with Crippen molar-refractivity contribution in [1.29, 1.82) is 0 Å². The Labute approximate surface area is 175 Å². The van der Waals surface area contributed by atoms with Crippen molar-refractivity contribution < 1.29 is 18.3 Å². The SMILES string of the molecule is CCOCC1CCN(C(=NC)NCc2cc(Cl)ccc2OC(F)F)C1.I. The molecule has 0 amide bonds. The Hall–Kier alpha value is -0.870. The molecule has 5 nitrogen and oxygen atoms in total. The van der Waals surface area contributed by atoms with Crippen LogP contribution in [0, 0.1) is 5.92 Å². The maximum Gasteiger partial charge on any atom is 0.387 e. The van der Waals surface area contributed by atoms with Crippen molar-refractivity contribution in [3.8, 4) is 5.75 Å². The van der Waals surface area contributed by atoms with Crippen LogP contribution in [0.25, 0.3) is 0 Å². The standard InChI is InChI=1S/C17H24ClF2N3O2.HI/c1-3-24-11-12-6-7-23(10-12)17(21-2)22-9-13-8-14(18)4-5-15(13)25-16(19)20;/h4-5,8,12,16H,3,6-7,9-11H2,1-2H3,(H,21,22);1H. The minimum atomic E-state index is -2.88. The minimum Gasteiger partial charge on any atom is -0.434 e. The zero-order valence-electron chi connectivity index (χ0n) is 14.9. The van der Waals surface area contributed by atoms with Crippen LogP contribution in [0.3, 0.4) is 0 Å². The number of ether oxygens (including phenoxy) is 2. The van der Waals surface area contributed by atoms with Crippen molar-refractivity contribution in [2.45, 2.75) is 26.5 Å². The van der Waals surface area contributed by atoms with Gasteiger partial charge >= 0.3 is 6.61 Å². The topological polar surface area (TPSA) is 46.1 Å². The highest BCUT2D eigenvalue weighted by Crippen LogP contribution is 2.25. The fourth-order valence-corrected chi connectivity index (χ4v) is 3.04. The van der Waals surface area contributed by atoms with E-state index in [1.807, 2.05) is 6.92 Å². The van der Waals surface area contributed by atoms with Crippen molar-refractivity contribution in [2.75, 3.05) is 33.4 Å². The van der Waals surface area contributed by atoms with E-state index in [4.69, 9.17) is 16.3 Å². The Bertz CT molecular complexity index is 593. The molecule has 1 aliphatic rings. The molecular formula is C17H25ClF2IN3O2. The maximum absolute atomic E-state index is 12.5. The highest BCUT2D eigenvalue weighted by molar-refractivity contribution is 14.0. The molecule has 1 N–H and O–H groups in total. The first-order valence-corrected chi connectivity index (χ1v) is 8.67. The maximum atomic E-state index is 12.5. The lowest BCUT2D eigenvalue weighted by Crippen LogP contribution is -2.40. The summed E-state index contributed by atoms with van der Waals surface area (Å²) in [7, 11) is 1.70. The Morgan fingerprint density at radius 1 is 1.46 bits per heavy atom. The van der Waals surface area contributed by atoms with Gasteiger partial charge in [-0.3, -0.25) is 4.99 Å². The van der Waals surface area contributed by atoms with E-state index < -0.39 is 6.61 Å². The number of nitrogens with one attached hydrogen (secondary N) is 1. The van der Waals surface area contributed by atoms with Gasteiger partial charge in [-0.15, -0.1) is 24.0 Å². The summed E-state index contributed by atoms with van der Waals surface area (Å²) in [4.78, 5) is 6.42. The quantitative estimate of drug-likeness (QED) is 0.347. The molecule has 9 heteroatoms. The van der Waals surface area contributed by atoms with Crippen LogP contribution in [0.15, 0.2) is 23.2 Å². The number of likely N-dealkylation sites (tertiary alicyclic amines) is 1. The van der Waals surface area contributed by atoms with Crippen LogP contribution in [-0.4, -0.2) is 50.8 Å². The number of hydrogen-bond acceptors (Lipinski definition) is 3. The summed E-state index contributed by atoms with van der Waals surface area (Å²) in [5, 5.41) is 3.66. The molecule has 1 heterocycles. The van der Waals surface area contributed by atoms with Crippen molar-refractivity contribution in [3.63, 3.8) is 0 Å². The predicted octanol–water partition coefficient (Wildman–Crippen LogP) is 3.99. The summed E-state index contributed by atoms with van der Waals surface area (Å²) >= 11 is 5.97. The van der Waals surface area contributed by atoms with Crippen LogP contribution in [0.1, 0.15) is 18.9 Å².